The number of carbonyl (C=O) groups is 1. The molecular weight excluding hydrogens is 268 g/mol. The van der Waals surface area contributed by atoms with Crippen molar-refractivity contribution in [3.63, 3.8) is 0 Å². The van der Waals surface area contributed by atoms with Crippen molar-refractivity contribution in [2.24, 2.45) is 5.41 Å². The third kappa shape index (κ3) is 2.65. The highest BCUT2D eigenvalue weighted by atomic mass is 16.5. The van der Waals surface area contributed by atoms with Gasteiger partial charge >= 0.3 is 5.97 Å². The fraction of sp³-hybridized carbons (Fsp3) is 0.500. The summed E-state index contributed by atoms with van der Waals surface area (Å²) in [6.07, 6.45) is 3.45. The van der Waals surface area contributed by atoms with Crippen LogP contribution in [0.1, 0.15) is 35.4 Å². The Bertz CT molecular complexity index is 686. The molecule has 1 aromatic heterocycles. The van der Waals surface area contributed by atoms with E-state index in [0.29, 0.717) is 11.0 Å². The van der Waals surface area contributed by atoms with Crippen molar-refractivity contribution in [3.05, 3.63) is 29.6 Å². The summed E-state index contributed by atoms with van der Waals surface area (Å²) in [6, 6.07) is 5.13. The minimum atomic E-state index is -0.900. The molecule has 0 bridgehead atoms. The van der Waals surface area contributed by atoms with Gasteiger partial charge in [0.1, 0.15) is 5.82 Å². The fourth-order valence-corrected chi connectivity index (χ4v) is 2.89. The number of imidazole rings is 1. The van der Waals surface area contributed by atoms with Crippen LogP contribution in [0.15, 0.2) is 18.2 Å². The summed E-state index contributed by atoms with van der Waals surface area (Å²) >= 11 is 0. The van der Waals surface area contributed by atoms with Crippen molar-refractivity contribution in [1.29, 1.82) is 0 Å². The van der Waals surface area contributed by atoms with Crippen LogP contribution in [-0.4, -0.2) is 34.3 Å². The van der Waals surface area contributed by atoms with Crippen LogP contribution in [0.3, 0.4) is 0 Å². The minimum absolute atomic E-state index is 0.299. The van der Waals surface area contributed by atoms with Crippen LogP contribution >= 0.6 is 0 Å². The molecule has 0 radical (unpaired) electrons. The summed E-state index contributed by atoms with van der Waals surface area (Å²) < 4.78 is 7.36. The van der Waals surface area contributed by atoms with Crippen molar-refractivity contribution >= 4 is 17.0 Å². The first-order valence-electron chi connectivity index (χ1n) is 7.24. The summed E-state index contributed by atoms with van der Waals surface area (Å²) in [5.41, 5.74) is 2.38. The van der Waals surface area contributed by atoms with E-state index in [1.165, 1.54) is 12.8 Å². The van der Waals surface area contributed by atoms with Gasteiger partial charge in [-0.3, -0.25) is 0 Å². The number of benzene rings is 1. The molecule has 1 saturated carbocycles. The molecule has 5 heteroatoms. The predicted octanol–water partition coefficient (Wildman–Crippen LogP) is 2.86. The van der Waals surface area contributed by atoms with Gasteiger partial charge in [-0.1, -0.05) is 0 Å². The SMILES string of the molecule is COCCC1(Cn2c(C)nc3ccc(C(=O)O)cc32)CC1. The molecule has 1 N–H and O–H groups in total. The number of fused-ring (bicyclic) bond motifs is 1. The first-order valence-corrected chi connectivity index (χ1v) is 7.24. The van der Waals surface area contributed by atoms with E-state index < -0.39 is 5.97 Å². The Morgan fingerprint density at radius 3 is 2.86 bits per heavy atom. The highest BCUT2D eigenvalue weighted by Gasteiger charge is 2.42. The normalized spacial score (nSPS) is 16.3. The first-order chi connectivity index (χ1) is 10.0. The van der Waals surface area contributed by atoms with Gasteiger partial charge in [-0.05, 0) is 49.8 Å². The zero-order valence-electron chi connectivity index (χ0n) is 12.4. The summed E-state index contributed by atoms with van der Waals surface area (Å²) in [4.78, 5) is 15.7. The summed E-state index contributed by atoms with van der Waals surface area (Å²) in [7, 11) is 1.73. The number of ether oxygens (including phenoxy) is 1. The summed E-state index contributed by atoms with van der Waals surface area (Å²) in [5, 5.41) is 9.16. The highest BCUT2D eigenvalue weighted by Crippen LogP contribution is 2.50. The zero-order chi connectivity index (χ0) is 15.0. The van der Waals surface area contributed by atoms with E-state index in [1.54, 1.807) is 25.3 Å². The van der Waals surface area contributed by atoms with Crippen molar-refractivity contribution in [1.82, 2.24) is 9.55 Å². The molecule has 2 aromatic rings. The van der Waals surface area contributed by atoms with Gasteiger partial charge in [0.25, 0.3) is 0 Å². The van der Waals surface area contributed by atoms with Crippen molar-refractivity contribution < 1.29 is 14.6 Å². The number of aromatic nitrogens is 2. The predicted molar refractivity (Wildman–Crippen MR) is 79.6 cm³/mol. The monoisotopic (exact) mass is 288 g/mol. The zero-order valence-corrected chi connectivity index (χ0v) is 12.4. The molecule has 0 aliphatic heterocycles. The molecule has 1 fully saturated rings. The van der Waals surface area contributed by atoms with Crippen LogP contribution in [0, 0.1) is 12.3 Å². The lowest BCUT2D eigenvalue weighted by atomic mass is 10.0. The summed E-state index contributed by atoms with van der Waals surface area (Å²) in [5.74, 6) is 0.0408. The summed E-state index contributed by atoms with van der Waals surface area (Å²) in [6.45, 7) is 3.64. The fourth-order valence-electron chi connectivity index (χ4n) is 2.89. The van der Waals surface area contributed by atoms with Gasteiger partial charge in [-0.2, -0.15) is 0 Å². The number of nitrogens with zero attached hydrogens (tertiary/aromatic N) is 2. The standard InChI is InChI=1S/C16H20N2O3/c1-11-17-13-4-3-12(15(19)20)9-14(13)18(11)10-16(5-6-16)7-8-21-2/h3-4,9H,5-8,10H2,1-2H3,(H,19,20). The smallest absolute Gasteiger partial charge is 0.335 e. The maximum Gasteiger partial charge on any atom is 0.335 e. The third-order valence-electron chi connectivity index (χ3n) is 4.47. The average molecular weight is 288 g/mol. The minimum Gasteiger partial charge on any atom is -0.478 e. The number of aromatic carboxylic acids is 1. The molecule has 3 rings (SSSR count). The molecule has 1 aliphatic carbocycles. The molecule has 112 valence electrons. The lowest BCUT2D eigenvalue weighted by Crippen LogP contribution is -2.15. The van der Waals surface area contributed by atoms with Crippen LogP contribution in [0.5, 0.6) is 0 Å². The molecule has 21 heavy (non-hydrogen) atoms. The number of aryl methyl sites for hydroxylation is 1. The third-order valence-corrected chi connectivity index (χ3v) is 4.47. The molecule has 1 aromatic carbocycles. The Hall–Kier alpha value is -1.88. The Labute approximate surface area is 123 Å². The quantitative estimate of drug-likeness (QED) is 0.887. The molecular formula is C16H20N2O3. The van der Waals surface area contributed by atoms with E-state index in [9.17, 15) is 4.79 Å². The molecule has 1 aliphatic rings. The van der Waals surface area contributed by atoms with E-state index in [2.05, 4.69) is 9.55 Å². The van der Waals surface area contributed by atoms with Gasteiger partial charge in [0.2, 0.25) is 0 Å². The first kappa shape index (κ1) is 14.1. The van der Waals surface area contributed by atoms with Crippen LogP contribution in [0.2, 0.25) is 0 Å². The van der Waals surface area contributed by atoms with Gasteiger partial charge in [-0.15, -0.1) is 0 Å². The molecule has 1 heterocycles. The van der Waals surface area contributed by atoms with E-state index in [0.717, 1.165) is 36.4 Å². The van der Waals surface area contributed by atoms with E-state index in [1.807, 2.05) is 6.92 Å². The number of hydrogen-bond acceptors (Lipinski definition) is 3. The highest BCUT2D eigenvalue weighted by molar-refractivity contribution is 5.92. The Morgan fingerprint density at radius 2 is 2.24 bits per heavy atom. The van der Waals surface area contributed by atoms with Gasteiger partial charge in [0.15, 0.2) is 0 Å². The van der Waals surface area contributed by atoms with Crippen molar-refractivity contribution in [2.75, 3.05) is 13.7 Å². The van der Waals surface area contributed by atoms with E-state index in [4.69, 9.17) is 9.84 Å². The Morgan fingerprint density at radius 1 is 1.48 bits per heavy atom. The number of rotatable bonds is 6. The largest absolute Gasteiger partial charge is 0.478 e. The second kappa shape index (κ2) is 5.15. The van der Waals surface area contributed by atoms with Gasteiger partial charge < -0.3 is 14.4 Å². The van der Waals surface area contributed by atoms with Crippen LogP contribution in [0.25, 0.3) is 11.0 Å². The molecule has 0 amide bonds. The second-order valence-corrected chi connectivity index (χ2v) is 6.00. The maximum absolute atomic E-state index is 11.2. The maximum atomic E-state index is 11.2. The number of carboxylic acid groups (broad SMARTS) is 1. The van der Waals surface area contributed by atoms with E-state index in [-0.39, 0.29) is 0 Å². The van der Waals surface area contributed by atoms with E-state index >= 15 is 0 Å². The van der Waals surface area contributed by atoms with Crippen LogP contribution in [0.4, 0.5) is 0 Å². The molecule has 0 saturated heterocycles. The van der Waals surface area contributed by atoms with Gasteiger partial charge in [0.05, 0.1) is 16.6 Å². The van der Waals surface area contributed by atoms with Crippen LogP contribution in [-0.2, 0) is 11.3 Å². The second-order valence-electron chi connectivity index (χ2n) is 6.00. The van der Waals surface area contributed by atoms with Crippen LogP contribution < -0.4 is 0 Å². The number of carboxylic acids is 1. The Balaban J connectivity index is 1.95. The Kier molecular flexibility index (Phi) is 3.45. The van der Waals surface area contributed by atoms with Crippen molar-refractivity contribution in [2.45, 2.75) is 32.7 Å². The molecule has 0 atom stereocenters. The molecule has 0 spiro atoms. The topological polar surface area (TPSA) is 64.4 Å². The number of methoxy groups -OCH3 is 1. The lowest BCUT2D eigenvalue weighted by molar-refractivity contribution is 0.0697. The lowest BCUT2D eigenvalue weighted by Gasteiger charge is -2.17. The molecule has 0 unspecified atom stereocenters. The average Bonchev–Trinajstić information content (AvgIpc) is 3.16. The van der Waals surface area contributed by atoms with Gasteiger partial charge in [0, 0.05) is 20.3 Å². The number of hydrogen-bond donors (Lipinski definition) is 1. The molecule has 5 nitrogen and oxygen atoms in total. The van der Waals surface area contributed by atoms with Gasteiger partial charge in [-0.25, -0.2) is 9.78 Å². The van der Waals surface area contributed by atoms with Crippen molar-refractivity contribution in [3.8, 4) is 0 Å².